The highest BCUT2D eigenvalue weighted by molar-refractivity contribution is 9.10. The molecule has 0 amide bonds. The van der Waals surface area contributed by atoms with Crippen LogP contribution in [0.5, 0.6) is 0 Å². The lowest BCUT2D eigenvalue weighted by Crippen LogP contribution is -1.99. The van der Waals surface area contributed by atoms with E-state index in [0.717, 1.165) is 9.99 Å². The summed E-state index contributed by atoms with van der Waals surface area (Å²) in [7, 11) is 0. The highest BCUT2D eigenvalue weighted by atomic mass is 79.9. The molecule has 0 saturated heterocycles. The van der Waals surface area contributed by atoms with E-state index in [4.69, 9.17) is 17.5 Å². The summed E-state index contributed by atoms with van der Waals surface area (Å²) in [5, 5.41) is 9.15. The Hall–Kier alpha value is -2.04. The van der Waals surface area contributed by atoms with Crippen LogP contribution in [0, 0.1) is 21.9 Å². The lowest BCUT2D eigenvalue weighted by Gasteiger charge is -2.06. The van der Waals surface area contributed by atoms with Gasteiger partial charge in [-0.2, -0.15) is 5.26 Å². The lowest BCUT2D eigenvalue weighted by molar-refractivity contribution is 0.627. The van der Waals surface area contributed by atoms with Crippen LogP contribution in [0.2, 0.25) is 0 Å². The van der Waals surface area contributed by atoms with E-state index in [2.05, 4.69) is 25.9 Å². The van der Waals surface area contributed by atoms with Crippen LogP contribution in [0.4, 0.5) is 4.39 Å². The largest absolute Gasteiger partial charge is 0.329 e. The summed E-state index contributed by atoms with van der Waals surface area (Å²) in [6, 6.07) is 7.78. The third-order valence-electron chi connectivity index (χ3n) is 2.81. The Balaban J connectivity index is 2.39. The van der Waals surface area contributed by atoms with Crippen LogP contribution in [0.25, 0.3) is 16.9 Å². The van der Waals surface area contributed by atoms with Crippen molar-refractivity contribution in [3.05, 3.63) is 51.1 Å². The molecule has 3 aromatic rings. The molecule has 1 N–H and O–H groups in total. The first-order valence-electron chi connectivity index (χ1n) is 5.56. The van der Waals surface area contributed by atoms with Gasteiger partial charge in [0.05, 0.1) is 16.8 Å². The van der Waals surface area contributed by atoms with Crippen molar-refractivity contribution in [2.24, 2.45) is 0 Å². The minimum absolute atomic E-state index is 0.201. The Morgan fingerprint density at radius 3 is 2.95 bits per heavy atom. The quantitative estimate of drug-likeness (QED) is 0.679. The fourth-order valence-electron chi connectivity index (χ4n) is 1.99. The highest BCUT2D eigenvalue weighted by Gasteiger charge is 2.12. The zero-order valence-electron chi connectivity index (χ0n) is 9.89. The van der Waals surface area contributed by atoms with E-state index < -0.39 is 5.82 Å². The topological polar surface area (TPSA) is 57.4 Å². The van der Waals surface area contributed by atoms with Crippen LogP contribution in [-0.4, -0.2) is 14.5 Å². The van der Waals surface area contributed by atoms with Crippen molar-refractivity contribution in [3.63, 3.8) is 0 Å². The van der Waals surface area contributed by atoms with Crippen LogP contribution in [0.3, 0.4) is 0 Å². The summed E-state index contributed by atoms with van der Waals surface area (Å²) in [5.74, 6) is -0.465. The number of pyridine rings is 1. The number of aromatic nitrogens is 3. The van der Waals surface area contributed by atoms with Crippen LogP contribution >= 0.6 is 28.1 Å². The predicted octanol–water partition coefficient (Wildman–Crippen LogP) is 3.86. The fraction of sp³-hybridized carbons (Fsp3) is 0. The third kappa shape index (κ3) is 2.03. The van der Waals surface area contributed by atoms with Crippen molar-refractivity contribution in [2.45, 2.75) is 0 Å². The van der Waals surface area contributed by atoms with Crippen LogP contribution in [0.1, 0.15) is 5.56 Å². The molecule has 4 nitrogen and oxygen atoms in total. The first-order chi connectivity index (χ1) is 9.60. The molecule has 20 heavy (non-hydrogen) atoms. The zero-order chi connectivity index (χ0) is 14.3. The molecule has 0 spiro atoms. The second-order valence-electron chi connectivity index (χ2n) is 4.06. The van der Waals surface area contributed by atoms with Gasteiger partial charge in [-0.3, -0.25) is 4.57 Å². The van der Waals surface area contributed by atoms with Gasteiger partial charge in [0.1, 0.15) is 11.9 Å². The minimum atomic E-state index is -0.465. The van der Waals surface area contributed by atoms with Crippen LogP contribution in [-0.2, 0) is 0 Å². The maximum Gasteiger partial charge on any atom is 0.184 e. The summed E-state index contributed by atoms with van der Waals surface area (Å²) in [6.07, 6.45) is 1.64. The summed E-state index contributed by atoms with van der Waals surface area (Å²) in [4.78, 5) is 7.31. The maximum absolute atomic E-state index is 13.2. The van der Waals surface area contributed by atoms with Crippen molar-refractivity contribution in [1.82, 2.24) is 14.5 Å². The maximum atomic E-state index is 13.2. The van der Waals surface area contributed by atoms with Gasteiger partial charge in [0, 0.05) is 10.7 Å². The molecular formula is C13H6BrFN4S. The lowest BCUT2D eigenvalue weighted by atomic mass is 10.2. The van der Waals surface area contributed by atoms with Gasteiger partial charge in [0.15, 0.2) is 10.4 Å². The Morgan fingerprint density at radius 1 is 1.40 bits per heavy atom. The van der Waals surface area contributed by atoms with Crippen LogP contribution in [0.15, 0.2) is 34.9 Å². The molecule has 7 heteroatoms. The molecule has 0 atom stereocenters. The number of fused-ring (bicyclic) bond motifs is 1. The molecule has 3 rings (SSSR count). The van der Waals surface area contributed by atoms with E-state index in [9.17, 15) is 4.39 Å². The van der Waals surface area contributed by atoms with E-state index in [1.54, 1.807) is 10.8 Å². The smallest absolute Gasteiger partial charge is 0.184 e. The molecule has 0 radical (unpaired) electrons. The summed E-state index contributed by atoms with van der Waals surface area (Å²) in [6.45, 7) is 0. The number of imidazole rings is 1. The van der Waals surface area contributed by atoms with Gasteiger partial charge in [-0.05, 0) is 52.4 Å². The van der Waals surface area contributed by atoms with E-state index in [1.807, 2.05) is 12.1 Å². The van der Waals surface area contributed by atoms with E-state index in [0.29, 0.717) is 16.1 Å². The summed E-state index contributed by atoms with van der Waals surface area (Å²) in [5.41, 5.74) is 2.02. The molecular weight excluding hydrogens is 343 g/mol. The third-order valence-corrected chi connectivity index (χ3v) is 3.53. The molecule has 0 aliphatic rings. The van der Waals surface area contributed by atoms with E-state index in [1.165, 1.54) is 18.2 Å². The standard InChI is InChI=1S/C13H6BrFN4S/c14-8-4-10-12(17-6-8)19(13(20)18-10)11-2-1-9(15)3-7(11)5-16/h1-4,6H,(H,18,20). The fourth-order valence-corrected chi connectivity index (χ4v) is 2.61. The first kappa shape index (κ1) is 13.0. The van der Waals surface area contributed by atoms with E-state index in [-0.39, 0.29) is 5.56 Å². The van der Waals surface area contributed by atoms with Gasteiger partial charge in [-0.1, -0.05) is 0 Å². The van der Waals surface area contributed by atoms with Crippen LogP contribution < -0.4 is 0 Å². The van der Waals surface area contributed by atoms with Crippen molar-refractivity contribution in [3.8, 4) is 11.8 Å². The average molecular weight is 349 g/mol. The molecule has 1 aromatic carbocycles. The summed E-state index contributed by atoms with van der Waals surface area (Å²) < 4.78 is 16.1. The van der Waals surface area contributed by atoms with Crippen molar-refractivity contribution in [1.29, 1.82) is 5.26 Å². The number of H-pyrrole nitrogens is 1. The van der Waals surface area contributed by atoms with Gasteiger partial charge in [-0.25, -0.2) is 9.37 Å². The Morgan fingerprint density at radius 2 is 2.20 bits per heavy atom. The number of hydrogen-bond acceptors (Lipinski definition) is 3. The van der Waals surface area contributed by atoms with Gasteiger partial charge >= 0.3 is 0 Å². The number of nitriles is 1. The predicted molar refractivity (Wildman–Crippen MR) is 78.6 cm³/mol. The highest BCUT2D eigenvalue weighted by Crippen LogP contribution is 2.23. The monoisotopic (exact) mass is 348 g/mol. The second-order valence-corrected chi connectivity index (χ2v) is 5.37. The molecule has 2 heterocycles. The van der Waals surface area contributed by atoms with Gasteiger partial charge in [0.25, 0.3) is 0 Å². The minimum Gasteiger partial charge on any atom is -0.329 e. The number of nitrogens with one attached hydrogen (secondary N) is 1. The van der Waals surface area contributed by atoms with Crippen molar-refractivity contribution in [2.75, 3.05) is 0 Å². The number of benzene rings is 1. The normalized spacial score (nSPS) is 10.7. The SMILES string of the molecule is N#Cc1cc(F)ccc1-n1c(=S)[nH]c2cc(Br)cnc21. The van der Waals surface area contributed by atoms with Gasteiger partial charge in [-0.15, -0.1) is 0 Å². The molecule has 0 saturated carbocycles. The molecule has 0 bridgehead atoms. The molecule has 0 aliphatic carbocycles. The Kier molecular flexibility index (Phi) is 3.12. The molecule has 0 unspecified atom stereocenters. The molecule has 2 aromatic heterocycles. The number of aromatic amines is 1. The number of halogens is 2. The first-order valence-corrected chi connectivity index (χ1v) is 6.76. The summed E-state index contributed by atoms with van der Waals surface area (Å²) >= 11 is 8.60. The van der Waals surface area contributed by atoms with Gasteiger partial charge < -0.3 is 4.98 Å². The molecule has 0 fully saturated rings. The Labute approximate surface area is 126 Å². The number of rotatable bonds is 1. The zero-order valence-corrected chi connectivity index (χ0v) is 12.3. The number of nitrogens with zero attached hydrogens (tertiary/aromatic N) is 3. The van der Waals surface area contributed by atoms with Crippen molar-refractivity contribution >= 4 is 39.3 Å². The molecule has 98 valence electrons. The molecule has 0 aliphatic heterocycles. The van der Waals surface area contributed by atoms with Gasteiger partial charge in [0.2, 0.25) is 0 Å². The Bertz CT molecular complexity index is 922. The number of hydrogen-bond donors (Lipinski definition) is 1. The van der Waals surface area contributed by atoms with Crippen molar-refractivity contribution < 1.29 is 4.39 Å². The average Bonchev–Trinajstić information content (AvgIpc) is 2.73. The van der Waals surface area contributed by atoms with E-state index >= 15 is 0 Å². The second kappa shape index (κ2) is 4.81.